The molecule has 0 aliphatic carbocycles. The Morgan fingerprint density at radius 2 is 1.83 bits per heavy atom. The van der Waals surface area contributed by atoms with Crippen LogP contribution in [-0.2, 0) is 22.6 Å². The molecule has 1 aliphatic heterocycles. The molecule has 150 valence electrons. The number of amides is 2. The van der Waals surface area contributed by atoms with Crippen molar-refractivity contribution < 1.29 is 14.5 Å². The molecule has 0 unspecified atom stereocenters. The molecule has 1 fully saturated rings. The number of hydrogen-bond donors (Lipinski definition) is 2. The minimum Gasteiger partial charge on any atom is -0.331 e. The molecule has 2 N–H and O–H groups in total. The monoisotopic (exact) mass is 409 g/mol. The number of nitrogens with one attached hydrogen (secondary N) is 2. The quantitative estimate of drug-likeness (QED) is 0.674. The summed E-state index contributed by atoms with van der Waals surface area (Å²) in [5.41, 5.74) is 2.79. The summed E-state index contributed by atoms with van der Waals surface area (Å²) in [5, 5.41) is 3.91. The maximum absolute atomic E-state index is 12.6. The van der Waals surface area contributed by atoms with E-state index in [4.69, 9.17) is 4.98 Å². The Morgan fingerprint density at radius 1 is 1.10 bits per heavy atom. The van der Waals surface area contributed by atoms with Gasteiger partial charge in [0.2, 0.25) is 11.8 Å². The predicted octanol–water partition coefficient (Wildman–Crippen LogP) is 1.72. The van der Waals surface area contributed by atoms with Gasteiger partial charge in [0.1, 0.15) is 11.6 Å². The van der Waals surface area contributed by atoms with Crippen molar-refractivity contribution in [2.45, 2.75) is 19.9 Å². The van der Waals surface area contributed by atoms with Crippen molar-refractivity contribution in [2.75, 3.05) is 31.5 Å². The van der Waals surface area contributed by atoms with Crippen molar-refractivity contribution in [1.29, 1.82) is 0 Å². The Hall–Kier alpha value is -2.77. The second-order valence-electron chi connectivity index (χ2n) is 7.44. The number of nitrogens with zero attached hydrogens (tertiary/aromatic N) is 2. The summed E-state index contributed by atoms with van der Waals surface area (Å²) < 4.78 is 1.24. The van der Waals surface area contributed by atoms with E-state index in [1.807, 2.05) is 35.2 Å². The lowest BCUT2D eigenvalue weighted by Crippen LogP contribution is -3.13. The average Bonchev–Trinajstić information content (AvgIpc) is 3.12. The van der Waals surface area contributed by atoms with Crippen LogP contribution in [-0.4, -0.2) is 47.9 Å². The molecule has 0 radical (unpaired) electrons. The number of piperazine rings is 1. The molecule has 1 aromatic heterocycles. The lowest BCUT2D eigenvalue weighted by molar-refractivity contribution is -0.917. The van der Waals surface area contributed by atoms with E-state index in [0.717, 1.165) is 49.5 Å². The number of quaternary nitrogens is 1. The molecule has 0 atom stereocenters. The van der Waals surface area contributed by atoms with Gasteiger partial charge in [-0.05, 0) is 29.8 Å². The van der Waals surface area contributed by atoms with Gasteiger partial charge in [-0.2, -0.15) is 0 Å². The summed E-state index contributed by atoms with van der Waals surface area (Å²) in [4.78, 5) is 31.9. The molecule has 0 bridgehead atoms. The van der Waals surface area contributed by atoms with E-state index in [-0.39, 0.29) is 11.8 Å². The highest BCUT2D eigenvalue weighted by Crippen LogP contribution is 2.20. The number of hydrogen-bond acceptors (Lipinski definition) is 4. The van der Waals surface area contributed by atoms with Crippen molar-refractivity contribution in [3.05, 3.63) is 59.1 Å². The van der Waals surface area contributed by atoms with Crippen LogP contribution in [0, 0.1) is 0 Å². The standard InChI is InChI=1S/C22H24N4O2S/c1-16(27)23-18-8-6-17(7-9-18)14-22(28)26-12-10-25(11-13-26)15-21-24-19-4-2-3-5-20(19)29-21/h2-9H,10-15H2,1H3,(H,23,27)/p+1. The molecule has 0 saturated carbocycles. The van der Waals surface area contributed by atoms with Gasteiger partial charge in [0.25, 0.3) is 0 Å². The maximum atomic E-state index is 12.6. The van der Waals surface area contributed by atoms with E-state index >= 15 is 0 Å². The van der Waals surface area contributed by atoms with Gasteiger partial charge in [0.05, 0.1) is 42.8 Å². The Kier molecular flexibility index (Phi) is 5.87. The SMILES string of the molecule is CC(=O)Nc1ccc(CC(=O)N2CC[NH+](Cc3nc4ccccc4s3)CC2)cc1. The van der Waals surface area contributed by atoms with Gasteiger partial charge >= 0.3 is 0 Å². The second kappa shape index (κ2) is 8.71. The van der Waals surface area contributed by atoms with E-state index in [2.05, 4.69) is 23.5 Å². The summed E-state index contributed by atoms with van der Waals surface area (Å²) in [6.07, 6.45) is 0.396. The highest BCUT2D eigenvalue weighted by Gasteiger charge is 2.24. The molecule has 2 heterocycles. The maximum Gasteiger partial charge on any atom is 0.227 e. The third-order valence-electron chi connectivity index (χ3n) is 5.19. The Balaban J connectivity index is 1.27. The van der Waals surface area contributed by atoms with E-state index in [0.29, 0.717) is 6.42 Å². The zero-order chi connectivity index (χ0) is 20.2. The molecule has 29 heavy (non-hydrogen) atoms. The van der Waals surface area contributed by atoms with Crippen LogP contribution < -0.4 is 10.2 Å². The first-order chi connectivity index (χ1) is 14.1. The normalized spacial score (nSPS) is 14.9. The van der Waals surface area contributed by atoms with Crippen molar-refractivity contribution in [3.63, 3.8) is 0 Å². The fraction of sp³-hybridized carbons (Fsp3) is 0.318. The van der Waals surface area contributed by atoms with Crippen molar-refractivity contribution in [1.82, 2.24) is 9.88 Å². The van der Waals surface area contributed by atoms with Crippen LogP contribution in [0.25, 0.3) is 10.2 Å². The van der Waals surface area contributed by atoms with E-state index in [9.17, 15) is 9.59 Å². The number of carbonyl (C=O) groups is 2. The summed E-state index contributed by atoms with van der Waals surface area (Å²) in [6, 6.07) is 15.7. The number of para-hydroxylation sites is 1. The highest BCUT2D eigenvalue weighted by atomic mass is 32.1. The third-order valence-corrected chi connectivity index (χ3v) is 6.23. The number of aromatic nitrogens is 1. The first-order valence-electron chi connectivity index (χ1n) is 9.89. The largest absolute Gasteiger partial charge is 0.331 e. The molecule has 2 aromatic carbocycles. The molecule has 6 nitrogen and oxygen atoms in total. The topological polar surface area (TPSA) is 66.7 Å². The van der Waals surface area contributed by atoms with Gasteiger partial charge in [-0.3, -0.25) is 9.59 Å². The van der Waals surface area contributed by atoms with Crippen molar-refractivity contribution >= 4 is 39.1 Å². The summed E-state index contributed by atoms with van der Waals surface area (Å²) >= 11 is 1.77. The molecule has 7 heteroatoms. The molecule has 1 saturated heterocycles. The number of carbonyl (C=O) groups excluding carboxylic acids is 2. The molecule has 0 spiro atoms. The number of benzene rings is 2. The lowest BCUT2D eigenvalue weighted by Gasteiger charge is -2.32. The van der Waals surface area contributed by atoms with Crippen LogP contribution in [0.1, 0.15) is 17.5 Å². The second-order valence-corrected chi connectivity index (χ2v) is 8.55. The lowest BCUT2D eigenvalue weighted by atomic mass is 10.1. The minimum absolute atomic E-state index is 0.0972. The molecule has 3 aromatic rings. The minimum atomic E-state index is -0.0972. The van der Waals surface area contributed by atoms with Gasteiger partial charge in [0.15, 0.2) is 0 Å². The third kappa shape index (κ3) is 4.99. The summed E-state index contributed by atoms with van der Waals surface area (Å²) in [7, 11) is 0. The molecule has 2 amide bonds. The fourth-order valence-electron chi connectivity index (χ4n) is 3.65. The molecular weight excluding hydrogens is 384 g/mol. The predicted molar refractivity (Wildman–Crippen MR) is 115 cm³/mol. The van der Waals surface area contributed by atoms with Crippen molar-refractivity contribution in [2.24, 2.45) is 0 Å². The molecule has 1 aliphatic rings. The first kappa shape index (κ1) is 19.5. The Bertz CT molecular complexity index is 974. The highest BCUT2D eigenvalue weighted by molar-refractivity contribution is 7.18. The van der Waals surface area contributed by atoms with Gasteiger partial charge in [0, 0.05) is 12.6 Å². The van der Waals surface area contributed by atoms with Crippen LogP contribution in [0.3, 0.4) is 0 Å². The number of thiazole rings is 1. The van der Waals surface area contributed by atoms with E-state index in [1.165, 1.54) is 21.5 Å². The van der Waals surface area contributed by atoms with Gasteiger partial charge in [-0.25, -0.2) is 4.98 Å². The van der Waals surface area contributed by atoms with Crippen LogP contribution in [0.15, 0.2) is 48.5 Å². The number of anilines is 1. The molecule has 4 rings (SSSR count). The van der Waals surface area contributed by atoms with Crippen LogP contribution in [0.2, 0.25) is 0 Å². The number of rotatable bonds is 5. The van der Waals surface area contributed by atoms with E-state index in [1.54, 1.807) is 11.3 Å². The Morgan fingerprint density at radius 3 is 2.52 bits per heavy atom. The Labute approximate surface area is 174 Å². The summed E-state index contributed by atoms with van der Waals surface area (Å²) in [6.45, 7) is 5.86. The molecular formula is C22H25N4O2S+. The van der Waals surface area contributed by atoms with Gasteiger partial charge in [-0.1, -0.05) is 24.3 Å². The van der Waals surface area contributed by atoms with Crippen molar-refractivity contribution in [3.8, 4) is 0 Å². The van der Waals surface area contributed by atoms with Gasteiger partial charge in [-0.15, -0.1) is 11.3 Å². The number of fused-ring (bicyclic) bond motifs is 1. The van der Waals surface area contributed by atoms with Crippen LogP contribution >= 0.6 is 11.3 Å². The first-order valence-corrected chi connectivity index (χ1v) is 10.7. The average molecular weight is 410 g/mol. The summed E-state index contributed by atoms with van der Waals surface area (Å²) in [5.74, 6) is 0.0661. The van der Waals surface area contributed by atoms with Crippen LogP contribution in [0.5, 0.6) is 0 Å². The van der Waals surface area contributed by atoms with Gasteiger partial charge < -0.3 is 15.1 Å². The fourth-order valence-corrected chi connectivity index (χ4v) is 4.69. The zero-order valence-corrected chi connectivity index (χ0v) is 17.3. The zero-order valence-electron chi connectivity index (χ0n) is 16.5. The smallest absolute Gasteiger partial charge is 0.227 e. The van der Waals surface area contributed by atoms with E-state index < -0.39 is 0 Å². The van der Waals surface area contributed by atoms with Crippen LogP contribution in [0.4, 0.5) is 5.69 Å².